The molecule has 0 aliphatic heterocycles. The summed E-state index contributed by atoms with van der Waals surface area (Å²) in [5, 5.41) is 4.88. The molecular formula is C18H24N2O2. The highest BCUT2D eigenvalue weighted by molar-refractivity contribution is 5.91. The number of anilines is 1. The van der Waals surface area contributed by atoms with Gasteiger partial charge in [0.2, 0.25) is 0 Å². The minimum atomic E-state index is -0.511. The highest BCUT2D eigenvalue weighted by Crippen LogP contribution is 2.25. The van der Waals surface area contributed by atoms with Gasteiger partial charge in [0.15, 0.2) is 0 Å². The van der Waals surface area contributed by atoms with Crippen LogP contribution < -0.4 is 11.1 Å². The van der Waals surface area contributed by atoms with Crippen molar-refractivity contribution in [1.82, 2.24) is 0 Å². The zero-order valence-corrected chi connectivity index (χ0v) is 13.9. The second kappa shape index (κ2) is 5.61. The molecule has 0 aliphatic carbocycles. The van der Waals surface area contributed by atoms with Gasteiger partial charge in [0, 0.05) is 11.2 Å². The minimum Gasteiger partial charge on any atom is -0.444 e. The Labute approximate surface area is 131 Å². The van der Waals surface area contributed by atoms with Crippen molar-refractivity contribution < 1.29 is 9.53 Å². The van der Waals surface area contributed by atoms with Crippen LogP contribution in [0.1, 0.15) is 40.2 Å². The molecule has 0 spiro atoms. The number of benzene rings is 2. The summed E-state index contributed by atoms with van der Waals surface area (Å²) in [7, 11) is 0. The van der Waals surface area contributed by atoms with Crippen LogP contribution in [0.5, 0.6) is 0 Å². The second-order valence-corrected chi connectivity index (χ2v) is 7.13. The number of carbonyl (C=O) groups excluding carboxylic acids is 1. The van der Waals surface area contributed by atoms with E-state index in [4.69, 9.17) is 10.5 Å². The Hall–Kier alpha value is -2.07. The van der Waals surface area contributed by atoms with Crippen molar-refractivity contribution >= 4 is 22.6 Å². The fourth-order valence-corrected chi connectivity index (χ4v) is 2.15. The van der Waals surface area contributed by atoms with Crippen molar-refractivity contribution in [1.29, 1.82) is 0 Å². The summed E-state index contributed by atoms with van der Waals surface area (Å²) in [5.41, 5.74) is 7.03. The molecule has 0 saturated carbocycles. The summed E-state index contributed by atoms with van der Waals surface area (Å²) in [6, 6.07) is 11.9. The highest BCUT2D eigenvalue weighted by Gasteiger charge is 2.17. The molecule has 0 heterocycles. The lowest BCUT2D eigenvalue weighted by Gasteiger charge is -2.20. The Bertz CT molecular complexity index is 694. The Morgan fingerprint density at radius 1 is 1.00 bits per heavy atom. The average Bonchev–Trinajstić information content (AvgIpc) is 2.34. The molecule has 2 aromatic carbocycles. The topological polar surface area (TPSA) is 64.3 Å². The lowest BCUT2D eigenvalue weighted by Crippen LogP contribution is -2.28. The molecule has 118 valence electrons. The Morgan fingerprint density at radius 3 is 2.18 bits per heavy atom. The van der Waals surface area contributed by atoms with Gasteiger partial charge in [-0.25, -0.2) is 4.79 Å². The summed E-state index contributed by atoms with van der Waals surface area (Å²) >= 11 is 0. The van der Waals surface area contributed by atoms with E-state index in [0.29, 0.717) is 5.69 Å². The monoisotopic (exact) mass is 300 g/mol. The van der Waals surface area contributed by atoms with Gasteiger partial charge in [-0.3, -0.25) is 5.32 Å². The van der Waals surface area contributed by atoms with E-state index in [2.05, 4.69) is 11.4 Å². The van der Waals surface area contributed by atoms with Crippen molar-refractivity contribution in [2.45, 2.75) is 45.8 Å². The Balaban J connectivity index is 2.23. The number of amides is 1. The average molecular weight is 300 g/mol. The Morgan fingerprint density at radius 2 is 1.59 bits per heavy atom. The standard InChI is InChI=1S/C18H24N2O2/c1-17(2,3)22-16(21)20-15-9-7-12-10-14(18(4,5)19)8-6-13(12)11-15/h6-11H,19H2,1-5H3,(H,20,21). The van der Waals surface area contributed by atoms with Crippen LogP contribution in [0.2, 0.25) is 0 Å². The summed E-state index contributed by atoms with van der Waals surface area (Å²) in [6.45, 7) is 9.47. The van der Waals surface area contributed by atoms with Gasteiger partial charge in [0.1, 0.15) is 5.60 Å². The Kier molecular flexibility index (Phi) is 4.16. The fraction of sp³-hybridized carbons (Fsp3) is 0.389. The highest BCUT2D eigenvalue weighted by atomic mass is 16.6. The number of rotatable bonds is 2. The van der Waals surface area contributed by atoms with Gasteiger partial charge in [0.05, 0.1) is 0 Å². The van der Waals surface area contributed by atoms with Crippen LogP contribution in [0.3, 0.4) is 0 Å². The van der Waals surface area contributed by atoms with Gasteiger partial charge in [-0.15, -0.1) is 0 Å². The van der Waals surface area contributed by atoms with Crippen LogP contribution in [-0.2, 0) is 10.3 Å². The predicted molar refractivity (Wildman–Crippen MR) is 91.0 cm³/mol. The molecule has 0 aliphatic rings. The molecule has 4 nitrogen and oxygen atoms in total. The van der Waals surface area contributed by atoms with Crippen molar-refractivity contribution in [3.8, 4) is 0 Å². The maximum atomic E-state index is 11.8. The quantitative estimate of drug-likeness (QED) is 0.865. The van der Waals surface area contributed by atoms with Crippen molar-refractivity contribution in [3.05, 3.63) is 42.0 Å². The first kappa shape index (κ1) is 16.3. The van der Waals surface area contributed by atoms with E-state index < -0.39 is 11.7 Å². The number of nitrogens with one attached hydrogen (secondary N) is 1. The molecule has 2 rings (SSSR count). The smallest absolute Gasteiger partial charge is 0.412 e. The normalized spacial score (nSPS) is 12.3. The molecule has 2 aromatic rings. The molecule has 0 atom stereocenters. The molecule has 0 bridgehead atoms. The predicted octanol–water partition coefficient (Wildman–Crippen LogP) is 4.38. The van der Waals surface area contributed by atoms with Gasteiger partial charge in [0.25, 0.3) is 0 Å². The van der Waals surface area contributed by atoms with Gasteiger partial charge in [-0.2, -0.15) is 0 Å². The summed E-state index contributed by atoms with van der Waals surface area (Å²) in [5.74, 6) is 0. The van der Waals surface area contributed by atoms with Crippen LogP contribution in [0.4, 0.5) is 10.5 Å². The molecule has 3 N–H and O–H groups in total. The van der Waals surface area contributed by atoms with Crippen LogP contribution in [-0.4, -0.2) is 11.7 Å². The fourth-order valence-electron chi connectivity index (χ4n) is 2.15. The third kappa shape index (κ3) is 4.21. The third-order valence-electron chi connectivity index (χ3n) is 3.23. The van der Waals surface area contributed by atoms with Crippen LogP contribution >= 0.6 is 0 Å². The lowest BCUT2D eigenvalue weighted by molar-refractivity contribution is 0.0636. The lowest BCUT2D eigenvalue weighted by atomic mass is 9.93. The molecule has 0 aromatic heterocycles. The number of ether oxygens (including phenoxy) is 1. The van der Waals surface area contributed by atoms with E-state index >= 15 is 0 Å². The van der Waals surface area contributed by atoms with E-state index in [0.717, 1.165) is 16.3 Å². The number of hydrogen-bond acceptors (Lipinski definition) is 3. The van der Waals surface area contributed by atoms with Gasteiger partial charge in [-0.1, -0.05) is 18.2 Å². The molecule has 22 heavy (non-hydrogen) atoms. The first-order chi connectivity index (χ1) is 10.0. The van der Waals surface area contributed by atoms with E-state index in [-0.39, 0.29) is 5.54 Å². The van der Waals surface area contributed by atoms with Crippen molar-refractivity contribution in [2.75, 3.05) is 5.32 Å². The summed E-state index contributed by atoms with van der Waals surface area (Å²) < 4.78 is 5.25. The molecule has 4 heteroatoms. The van der Waals surface area contributed by atoms with E-state index in [1.807, 2.05) is 65.0 Å². The van der Waals surface area contributed by atoms with Crippen molar-refractivity contribution in [2.24, 2.45) is 5.73 Å². The molecule has 1 amide bonds. The molecule has 0 fully saturated rings. The molecule has 0 saturated heterocycles. The van der Waals surface area contributed by atoms with E-state index in [1.54, 1.807) is 0 Å². The first-order valence-corrected chi connectivity index (χ1v) is 7.38. The molecule has 0 unspecified atom stereocenters. The zero-order valence-electron chi connectivity index (χ0n) is 13.9. The number of carbonyl (C=O) groups is 1. The second-order valence-electron chi connectivity index (χ2n) is 7.13. The zero-order chi connectivity index (χ0) is 16.5. The minimum absolute atomic E-state index is 0.373. The maximum Gasteiger partial charge on any atom is 0.412 e. The molecule has 0 radical (unpaired) electrons. The van der Waals surface area contributed by atoms with Gasteiger partial charge >= 0.3 is 6.09 Å². The van der Waals surface area contributed by atoms with Crippen LogP contribution in [0, 0.1) is 0 Å². The largest absolute Gasteiger partial charge is 0.444 e. The molecular weight excluding hydrogens is 276 g/mol. The van der Waals surface area contributed by atoms with Gasteiger partial charge in [-0.05, 0) is 69.2 Å². The third-order valence-corrected chi connectivity index (χ3v) is 3.23. The van der Waals surface area contributed by atoms with Gasteiger partial charge < -0.3 is 10.5 Å². The number of fused-ring (bicyclic) bond motifs is 1. The van der Waals surface area contributed by atoms with Crippen molar-refractivity contribution in [3.63, 3.8) is 0 Å². The van der Waals surface area contributed by atoms with Crippen LogP contribution in [0.25, 0.3) is 10.8 Å². The van der Waals surface area contributed by atoms with E-state index in [9.17, 15) is 4.79 Å². The van der Waals surface area contributed by atoms with E-state index in [1.165, 1.54) is 0 Å². The first-order valence-electron chi connectivity index (χ1n) is 7.38. The number of nitrogens with two attached hydrogens (primary N) is 1. The summed E-state index contributed by atoms with van der Waals surface area (Å²) in [6.07, 6.45) is -0.452. The van der Waals surface area contributed by atoms with Crippen LogP contribution in [0.15, 0.2) is 36.4 Å². The SMILES string of the molecule is CC(C)(C)OC(=O)Nc1ccc2cc(C(C)(C)N)ccc2c1. The number of hydrogen-bond donors (Lipinski definition) is 2. The summed E-state index contributed by atoms with van der Waals surface area (Å²) in [4.78, 5) is 11.8. The maximum absolute atomic E-state index is 11.8.